The van der Waals surface area contributed by atoms with E-state index in [4.69, 9.17) is 16.3 Å². The maximum absolute atomic E-state index is 13.4. The number of anilines is 1. The molecule has 0 aromatic heterocycles. The zero-order chi connectivity index (χ0) is 21.4. The van der Waals surface area contributed by atoms with Gasteiger partial charge in [-0.2, -0.15) is 0 Å². The molecule has 0 radical (unpaired) electrons. The monoisotopic (exact) mass is 438 g/mol. The van der Waals surface area contributed by atoms with Crippen LogP contribution in [0.2, 0.25) is 5.02 Å². The van der Waals surface area contributed by atoms with Crippen molar-refractivity contribution in [2.45, 2.75) is 44.6 Å². The molecule has 1 amide bonds. The zero-order valence-electron chi connectivity index (χ0n) is 16.9. The van der Waals surface area contributed by atoms with Crippen LogP contribution in [0.3, 0.4) is 0 Å². The number of nitrogens with one attached hydrogen (secondary N) is 1. The first-order valence-corrected chi connectivity index (χ1v) is 11.4. The third-order valence-corrected chi connectivity index (χ3v) is 6.28. The van der Waals surface area contributed by atoms with Gasteiger partial charge in [0, 0.05) is 11.1 Å². The molecule has 29 heavy (non-hydrogen) atoms. The molecular formula is C21H27ClN2O4S. The number of halogens is 1. The van der Waals surface area contributed by atoms with E-state index in [1.165, 1.54) is 24.3 Å². The molecule has 8 heteroatoms. The molecule has 158 valence electrons. The van der Waals surface area contributed by atoms with Crippen LogP contribution in [0.1, 0.15) is 33.6 Å². The van der Waals surface area contributed by atoms with Gasteiger partial charge in [0.05, 0.1) is 17.2 Å². The number of para-hydroxylation sites is 2. The first-order valence-electron chi connectivity index (χ1n) is 9.59. The number of benzene rings is 2. The van der Waals surface area contributed by atoms with E-state index >= 15 is 0 Å². The summed E-state index contributed by atoms with van der Waals surface area (Å²) in [6.07, 6.45) is 1.73. The molecule has 0 bridgehead atoms. The smallest absolute Gasteiger partial charge is 0.264 e. The predicted molar refractivity (Wildman–Crippen MR) is 116 cm³/mol. The molecule has 0 saturated heterocycles. The zero-order valence-corrected chi connectivity index (χ0v) is 18.5. The molecule has 0 heterocycles. The number of hydrogen-bond donors (Lipinski definition) is 1. The van der Waals surface area contributed by atoms with Gasteiger partial charge in [-0.05, 0) is 56.7 Å². The number of ether oxygens (including phenoxy) is 1. The summed E-state index contributed by atoms with van der Waals surface area (Å²) < 4.78 is 33.5. The lowest BCUT2D eigenvalue weighted by Crippen LogP contribution is -2.43. The highest BCUT2D eigenvalue weighted by molar-refractivity contribution is 7.92. The van der Waals surface area contributed by atoms with E-state index in [9.17, 15) is 13.2 Å². The minimum absolute atomic E-state index is 0.0441. The fourth-order valence-electron chi connectivity index (χ4n) is 2.93. The van der Waals surface area contributed by atoms with Crippen molar-refractivity contribution in [2.24, 2.45) is 0 Å². The largest absolute Gasteiger partial charge is 0.492 e. The summed E-state index contributed by atoms with van der Waals surface area (Å²) in [6, 6.07) is 12.6. The number of rotatable bonds is 10. The maximum atomic E-state index is 13.4. The Hall–Kier alpha value is -2.25. The number of nitrogens with zero attached hydrogens (tertiary/aromatic N) is 1. The Bertz CT molecular complexity index is 917. The van der Waals surface area contributed by atoms with Crippen LogP contribution in [0.25, 0.3) is 0 Å². The Kier molecular flexibility index (Phi) is 8.34. The van der Waals surface area contributed by atoms with Gasteiger partial charge in [-0.15, -0.1) is 0 Å². The van der Waals surface area contributed by atoms with Gasteiger partial charge in [-0.1, -0.05) is 37.1 Å². The molecule has 2 aromatic carbocycles. The first-order chi connectivity index (χ1) is 13.8. The van der Waals surface area contributed by atoms with Crippen LogP contribution in [-0.2, 0) is 14.8 Å². The van der Waals surface area contributed by atoms with Crippen LogP contribution < -0.4 is 14.4 Å². The van der Waals surface area contributed by atoms with E-state index < -0.39 is 10.0 Å². The minimum Gasteiger partial charge on any atom is -0.492 e. The normalized spacial score (nSPS) is 12.3. The van der Waals surface area contributed by atoms with Crippen LogP contribution in [0, 0.1) is 0 Å². The van der Waals surface area contributed by atoms with Gasteiger partial charge >= 0.3 is 0 Å². The lowest BCUT2D eigenvalue weighted by atomic mass is 10.2. The van der Waals surface area contributed by atoms with Crippen molar-refractivity contribution in [1.29, 1.82) is 0 Å². The highest BCUT2D eigenvalue weighted by Gasteiger charge is 2.29. The van der Waals surface area contributed by atoms with Gasteiger partial charge in [0.15, 0.2) is 0 Å². The number of carbonyl (C=O) groups is 1. The summed E-state index contributed by atoms with van der Waals surface area (Å²) >= 11 is 5.90. The first kappa shape index (κ1) is 23.0. The molecule has 0 spiro atoms. The Morgan fingerprint density at radius 2 is 1.79 bits per heavy atom. The Morgan fingerprint density at radius 1 is 1.14 bits per heavy atom. The molecule has 6 nitrogen and oxygen atoms in total. The fourth-order valence-corrected chi connectivity index (χ4v) is 4.49. The lowest BCUT2D eigenvalue weighted by molar-refractivity contribution is -0.120. The number of carbonyl (C=O) groups excluding carboxylic acids is 1. The van der Waals surface area contributed by atoms with Crippen LogP contribution in [0.4, 0.5) is 5.69 Å². The SMILES string of the molecule is CCC[C@@H](C)NC(=O)CN(c1ccccc1OCC)S(=O)(=O)c1ccc(Cl)cc1. The van der Waals surface area contributed by atoms with Crippen LogP contribution in [-0.4, -0.2) is 33.5 Å². The van der Waals surface area contributed by atoms with Gasteiger partial charge in [0.1, 0.15) is 12.3 Å². The second-order valence-corrected chi connectivity index (χ2v) is 8.92. The molecule has 1 atom stereocenters. The highest BCUT2D eigenvalue weighted by Crippen LogP contribution is 2.32. The molecule has 2 aromatic rings. The van der Waals surface area contributed by atoms with Gasteiger partial charge in [0.2, 0.25) is 5.91 Å². The van der Waals surface area contributed by atoms with Gasteiger partial charge in [-0.25, -0.2) is 8.42 Å². The molecular weight excluding hydrogens is 412 g/mol. The molecule has 1 N–H and O–H groups in total. The van der Waals surface area contributed by atoms with Crippen molar-refractivity contribution >= 4 is 33.2 Å². The summed E-state index contributed by atoms with van der Waals surface area (Å²) in [7, 11) is -4.02. The number of hydrogen-bond acceptors (Lipinski definition) is 4. The topological polar surface area (TPSA) is 75.7 Å². The van der Waals surface area contributed by atoms with E-state index in [0.29, 0.717) is 23.1 Å². The average Bonchev–Trinajstić information content (AvgIpc) is 2.67. The lowest BCUT2D eigenvalue weighted by Gasteiger charge is -2.26. The Balaban J connectivity index is 2.46. The molecule has 0 fully saturated rings. The van der Waals surface area contributed by atoms with Crippen molar-refractivity contribution in [2.75, 3.05) is 17.5 Å². The van der Waals surface area contributed by atoms with Crippen molar-refractivity contribution in [3.63, 3.8) is 0 Å². The van der Waals surface area contributed by atoms with E-state index in [2.05, 4.69) is 5.32 Å². The minimum atomic E-state index is -4.02. The Labute approximate surface area is 177 Å². The highest BCUT2D eigenvalue weighted by atomic mass is 35.5. The standard InChI is InChI=1S/C21H27ClN2O4S/c1-4-8-16(3)23-21(25)15-24(19-9-6-7-10-20(19)28-5-2)29(26,27)18-13-11-17(22)12-14-18/h6-7,9-14,16H,4-5,8,15H2,1-3H3,(H,23,25)/t16-/m1/s1. The molecule has 2 rings (SSSR count). The second-order valence-electron chi connectivity index (χ2n) is 6.62. The van der Waals surface area contributed by atoms with Crippen LogP contribution >= 0.6 is 11.6 Å². The third kappa shape index (κ3) is 6.11. The molecule has 0 saturated carbocycles. The van der Waals surface area contributed by atoms with E-state index in [0.717, 1.165) is 17.1 Å². The van der Waals surface area contributed by atoms with Crippen molar-refractivity contribution in [1.82, 2.24) is 5.32 Å². The predicted octanol–water partition coefficient (Wildman–Crippen LogP) is 4.24. The van der Waals surface area contributed by atoms with Gasteiger partial charge < -0.3 is 10.1 Å². The van der Waals surface area contributed by atoms with Crippen molar-refractivity contribution < 1.29 is 17.9 Å². The van der Waals surface area contributed by atoms with Gasteiger partial charge in [0.25, 0.3) is 10.0 Å². The quantitative estimate of drug-likeness (QED) is 0.602. The molecule has 0 aliphatic heterocycles. The molecule has 0 aliphatic rings. The summed E-state index contributed by atoms with van der Waals surface area (Å²) in [5.41, 5.74) is 0.308. The number of sulfonamides is 1. The summed E-state index contributed by atoms with van der Waals surface area (Å²) in [6.45, 7) is 5.74. The summed E-state index contributed by atoms with van der Waals surface area (Å²) in [4.78, 5) is 12.7. The summed E-state index contributed by atoms with van der Waals surface area (Å²) in [5, 5.41) is 3.29. The average molecular weight is 439 g/mol. The van der Waals surface area contributed by atoms with E-state index in [1.807, 2.05) is 20.8 Å². The Morgan fingerprint density at radius 3 is 2.41 bits per heavy atom. The third-order valence-electron chi connectivity index (χ3n) is 4.25. The van der Waals surface area contributed by atoms with E-state index in [1.54, 1.807) is 24.3 Å². The van der Waals surface area contributed by atoms with E-state index in [-0.39, 0.29) is 23.4 Å². The summed E-state index contributed by atoms with van der Waals surface area (Å²) in [5.74, 6) is 0.0109. The molecule has 0 aliphatic carbocycles. The van der Waals surface area contributed by atoms with Crippen molar-refractivity contribution in [3.8, 4) is 5.75 Å². The van der Waals surface area contributed by atoms with Gasteiger partial charge in [-0.3, -0.25) is 9.10 Å². The number of amides is 1. The van der Waals surface area contributed by atoms with Crippen LogP contribution in [0.15, 0.2) is 53.4 Å². The second kappa shape index (κ2) is 10.5. The fraction of sp³-hybridized carbons (Fsp3) is 0.381. The molecule has 0 unspecified atom stereocenters. The van der Waals surface area contributed by atoms with Crippen LogP contribution in [0.5, 0.6) is 5.75 Å². The van der Waals surface area contributed by atoms with Crippen molar-refractivity contribution in [3.05, 3.63) is 53.6 Å². The maximum Gasteiger partial charge on any atom is 0.264 e.